The molecule has 2 rings (SSSR count). The summed E-state index contributed by atoms with van der Waals surface area (Å²) in [6.07, 6.45) is 0.716. The number of imide groups is 1. The Hall–Kier alpha value is -3.15. The summed E-state index contributed by atoms with van der Waals surface area (Å²) in [7, 11) is 0. The summed E-state index contributed by atoms with van der Waals surface area (Å²) in [5.41, 5.74) is 3.14. The fourth-order valence-electron chi connectivity index (χ4n) is 1.99. The lowest BCUT2D eigenvalue weighted by atomic mass is 10.1. The van der Waals surface area contributed by atoms with Gasteiger partial charge in [0.05, 0.1) is 0 Å². The van der Waals surface area contributed by atoms with E-state index in [4.69, 9.17) is 4.74 Å². The van der Waals surface area contributed by atoms with E-state index in [9.17, 15) is 14.4 Å². The summed E-state index contributed by atoms with van der Waals surface area (Å²) in [4.78, 5) is 34.1. The average Bonchev–Trinajstić information content (AvgIpc) is 2.57. The van der Waals surface area contributed by atoms with Crippen LogP contribution in [-0.4, -0.2) is 24.8 Å². The number of carbonyl (C=O) groups excluding carboxylic acids is 3. The first-order valence-corrected chi connectivity index (χ1v) is 7.34. The Kier molecular flexibility index (Phi) is 5.68. The van der Waals surface area contributed by atoms with Gasteiger partial charge in [-0.25, -0.2) is 4.79 Å². The first kappa shape index (κ1) is 17.2. The molecule has 0 spiro atoms. The van der Waals surface area contributed by atoms with Crippen LogP contribution in [0, 0.1) is 13.8 Å². The number of ether oxygens (including phenoxy) is 1. The number of aldehydes is 1. The minimum atomic E-state index is -0.617. The number of nitrogens with one attached hydrogen (secondary N) is 2. The van der Waals surface area contributed by atoms with Crippen molar-refractivity contribution in [2.45, 2.75) is 13.8 Å². The molecule has 6 nitrogen and oxygen atoms in total. The number of benzene rings is 2. The molecule has 24 heavy (non-hydrogen) atoms. The van der Waals surface area contributed by atoms with Crippen molar-refractivity contribution in [2.24, 2.45) is 0 Å². The van der Waals surface area contributed by atoms with Gasteiger partial charge in [-0.1, -0.05) is 12.1 Å². The Labute approximate surface area is 139 Å². The van der Waals surface area contributed by atoms with Gasteiger partial charge in [0.1, 0.15) is 12.0 Å². The number of aryl methyl sites for hydroxylation is 1. The number of amides is 3. The number of rotatable bonds is 5. The molecule has 0 radical (unpaired) electrons. The van der Waals surface area contributed by atoms with Gasteiger partial charge in [0, 0.05) is 11.3 Å². The molecule has 0 aliphatic carbocycles. The summed E-state index contributed by atoms with van der Waals surface area (Å²) in [6.45, 7) is 3.52. The van der Waals surface area contributed by atoms with Gasteiger partial charge in [0.15, 0.2) is 6.61 Å². The molecule has 0 unspecified atom stereocenters. The van der Waals surface area contributed by atoms with Crippen LogP contribution in [-0.2, 0) is 4.79 Å². The number of hydrogen-bond donors (Lipinski definition) is 2. The third-order valence-corrected chi connectivity index (χ3v) is 3.49. The van der Waals surface area contributed by atoms with Gasteiger partial charge in [0.2, 0.25) is 0 Å². The van der Waals surface area contributed by atoms with Crippen molar-refractivity contribution in [1.82, 2.24) is 5.32 Å². The smallest absolute Gasteiger partial charge is 0.325 e. The van der Waals surface area contributed by atoms with E-state index in [-0.39, 0.29) is 6.61 Å². The highest BCUT2D eigenvalue weighted by Crippen LogP contribution is 2.17. The molecule has 0 aliphatic heterocycles. The van der Waals surface area contributed by atoms with Crippen LogP contribution >= 0.6 is 0 Å². The van der Waals surface area contributed by atoms with Crippen LogP contribution in [0.2, 0.25) is 0 Å². The summed E-state index contributed by atoms with van der Waals surface area (Å²) in [5, 5.41) is 4.83. The maximum absolute atomic E-state index is 11.8. The van der Waals surface area contributed by atoms with Crippen molar-refractivity contribution < 1.29 is 19.1 Å². The van der Waals surface area contributed by atoms with Crippen molar-refractivity contribution >= 4 is 23.9 Å². The molecule has 0 fully saturated rings. The first-order chi connectivity index (χ1) is 11.5. The van der Waals surface area contributed by atoms with Crippen LogP contribution < -0.4 is 15.4 Å². The van der Waals surface area contributed by atoms with Gasteiger partial charge in [-0.3, -0.25) is 14.9 Å². The largest absolute Gasteiger partial charge is 0.484 e. The van der Waals surface area contributed by atoms with Gasteiger partial charge in [-0.2, -0.15) is 0 Å². The molecule has 0 bridgehead atoms. The lowest BCUT2D eigenvalue weighted by Crippen LogP contribution is -2.37. The SMILES string of the molecule is Cc1cccc(NC(=O)NC(=O)COc2ccc(C=O)cc2)c1C. The molecule has 6 heteroatoms. The molecule has 124 valence electrons. The highest BCUT2D eigenvalue weighted by molar-refractivity contribution is 6.02. The Morgan fingerprint density at radius 1 is 1.08 bits per heavy atom. The maximum atomic E-state index is 11.8. The molecular formula is C18H18N2O4. The lowest BCUT2D eigenvalue weighted by molar-refractivity contribution is -0.121. The number of anilines is 1. The monoisotopic (exact) mass is 326 g/mol. The number of carbonyl (C=O) groups is 3. The van der Waals surface area contributed by atoms with Gasteiger partial charge in [0.25, 0.3) is 5.91 Å². The van der Waals surface area contributed by atoms with Crippen molar-refractivity contribution in [3.8, 4) is 5.75 Å². The molecule has 0 aliphatic rings. The highest BCUT2D eigenvalue weighted by Gasteiger charge is 2.10. The van der Waals surface area contributed by atoms with E-state index >= 15 is 0 Å². The van der Waals surface area contributed by atoms with Crippen LogP contribution in [0.4, 0.5) is 10.5 Å². The molecule has 2 aromatic rings. The molecule has 2 aromatic carbocycles. The summed E-state index contributed by atoms with van der Waals surface area (Å²) >= 11 is 0. The van der Waals surface area contributed by atoms with Gasteiger partial charge in [-0.05, 0) is 55.3 Å². The van der Waals surface area contributed by atoms with Crippen LogP contribution in [0.25, 0.3) is 0 Å². The third kappa shape index (κ3) is 4.67. The molecule has 0 heterocycles. The van der Waals surface area contributed by atoms with Gasteiger partial charge >= 0.3 is 6.03 Å². The van der Waals surface area contributed by atoms with Gasteiger partial charge in [-0.15, -0.1) is 0 Å². The zero-order valence-corrected chi connectivity index (χ0v) is 13.5. The Morgan fingerprint density at radius 3 is 2.46 bits per heavy atom. The van der Waals surface area contributed by atoms with E-state index in [1.165, 1.54) is 0 Å². The second kappa shape index (κ2) is 7.92. The maximum Gasteiger partial charge on any atom is 0.325 e. The number of hydrogen-bond acceptors (Lipinski definition) is 4. The molecule has 2 N–H and O–H groups in total. The van der Waals surface area contributed by atoms with Gasteiger partial charge < -0.3 is 10.1 Å². The van der Waals surface area contributed by atoms with Crippen LogP contribution in [0.15, 0.2) is 42.5 Å². The molecule has 0 aromatic heterocycles. The van der Waals surface area contributed by atoms with Crippen LogP contribution in [0.5, 0.6) is 5.75 Å². The molecule has 0 atom stereocenters. The van der Waals surface area contributed by atoms with E-state index in [1.54, 1.807) is 30.3 Å². The van der Waals surface area contributed by atoms with Crippen LogP contribution in [0.1, 0.15) is 21.5 Å². The Balaban J connectivity index is 1.84. The van der Waals surface area contributed by atoms with E-state index in [0.29, 0.717) is 23.3 Å². The minimum Gasteiger partial charge on any atom is -0.484 e. The van der Waals surface area contributed by atoms with E-state index < -0.39 is 11.9 Å². The normalized spacial score (nSPS) is 9.92. The zero-order valence-electron chi connectivity index (χ0n) is 13.5. The average molecular weight is 326 g/mol. The van der Waals surface area contributed by atoms with Crippen molar-refractivity contribution in [3.05, 3.63) is 59.2 Å². The predicted octanol–water partition coefficient (Wildman–Crippen LogP) is 2.84. The second-order valence-corrected chi connectivity index (χ2v) is 5.23. The fraction of sp³-hybridized carbons (Fsp3) is 0.167. The van der Waals surface area contributed by atoms with E-state index in [1.807, 2.05) is 26.0 Å². The summed E-state index contributed by atoms with van der Waals surface area (Å²) in [5.74, 6) is -0.136. The number of urea groups is 1. The van der Waals surface area contributed by atoms with E-state index in [2.05, 4.69) is 10.6 Å². The van der Waals surface area contributed by atoms with Crippen molar-refractivity contribution in [2.75, 3.05) is 11.9 Å². The standard InChI is InChI=1S/C18H18N2O4/c1-12-4-3-5-16(13(12)2)19-18(23)20-17(22)11-24-15-8-6-14(10-21)7-9-15/h3-10H,11H2,1-2H3,(H2,19,20,22,23). The first-order valence-electron chi connectivity index (χ1n) is 7.34. The molecule has 0 saturated carbocycles. The molecule has 3 amide bonds. The fourth-order valence-corrected chi connectivity index (χ4v) is 1.99. The Morgan fingerprint density at radius 2 is 1.79 bits per heavy atom. The predicted molar refractivity (Wildman–Crippen MR) is 90.4 cm³/mol. The molecular weight excluding hydrogens is 308 g/mol. The summed E-state index contributed by atoms with van der Waals surface area (Å²) < 4.78 is 5.25. The second-order valence-electron chi connectivity index (χ2n) is 5.23. The van der Waals surface area contributed by atoms with Crippen molar-refractivity contribution in [1.29, 1.82) is 0 Å². The summed E-state index contributed by atoms with van der Waals surface area (Å²) in [6, 6.07) is 11.2. The highest BCUT2D eigenvalue weighted by atomic mass is 16.5. The third-order valence-electron chi connectivity index (χ3n) is 3.49. The van der Waals surface area contributed by atoms with E-state index in [0.717, 1.165) is 11.1 Å². The zero-order chi connectivity index (χ0) is 17.5. The topological polar surface area (TPSA) is 84.5 Å². The van der Waals surface area contributed by atoms with Crippen molar-refractivity contribution in [3.63, 3.8) is 0 Å². The Bertz CT molecular complexity index is 754. The minimum absolute atomic E-state index is 0.305. The quantitative estimate of drug-likeness (QED) is 0.828. The van der Waals surface area contributed by atoms with Crippen LogP contribution in [0.3, 0.4) is 0 Å². The molecule has 0 saturated heterocycles. The lowest BCUT2D eigenvalue weighted by Gasteiger charge is -2.11.